The minimum Gasteiger partial charge on any atom is -0.328 e. The van der Waals surface area contributed by atoms with Crippen LogP contribution in [0.1, 0.15) is 34.3 Å². The number of hydrogen-bond donors (Lipinski definition) is 1. The lowest BCUT2D eigenvalue weighted by Crippen LogP contribution is -2.16. The van der Waals surface area contributed by atoms with E-state index in [0.29, 0.717) is 6.42 Å². The Morgan fingerprint density at radius 1 is 1.62 bits per heavy atom. The van der Waals surface area contributed by atoms with Gasteiger partial charge in [-0.15, -0.1) is 11.3 Å². The fraction of sp³-hybridized carbons (Fsp3) is 0.500. The highest BCUT2D eigenvalue weighted by atomic mass is 32.1. The molecule has 0 saturated carbocycles. The van der Waals surface area contributed by atoms with Gasteiger partial charge in [0.1, 0.15) is 0 Å². The third-order valence-corrected chi connectivity index (χ3v) is 2.88. The summed E-state index contributed by atoms with van der Waals surface area (Å²) < 4.78 is 0. The second-order valence-electron chi connectivity index (χ2n) is 3.35. The molecule has 0 aliphatic rings. The van der Waals surface area contributed by atoms with Gasteiger partial charge in [-0.3, -0.25) is 4.79 Å². The maximum absolute atomic E-state index is 11.5. The molecule has 0 amide bonds. The average Bonchev–Trinajstić information content (AvgIpc) is 2.47. The van der Waals surface area contributed by atoms with E-state index in [1.165, 1.54) is 4.88 Å². The largest absolute Gasteiger partial charge is 0.328 e. The number of Topliss-reactive ketones (excluding diaryl/α,β-unsaturated/α-hetero) is 1. The standard InChI is InChI=1S/C10H15NOS/c1-7(11)3-5-9(12)10-6-4-8(2)13-10/h4,6-7H,3,5,11H2,1-2H3. The van der Waals surface area contributed by atoms with Crippen LogP contribution in [0.15, 0.2) is 12.1 Å². The van der Waals surface area contributed by atoms with Crippen molar-refractivity contribution in [3.8, 4) is 0 Å². The summed E-state index contributed by atoms with van der Waals surface area (Å²) in [4.78, 5) is 13.6. The van der Waals surface area contributed by atoms with Crippen LogP contribution in [0.2, 0.25) is 0 Å². The molecule has 0 spiro atoms. The molecule has 0 aliphatic heterocycles. The zero-order chi connectivity index (χ0) is 9.84. The van der Waals surface area contributed by atoms with Gasteiger partial charge in [0.2, 0.25) is 0 Å². The molecule has 1 aromatic heterocycles. The van der Waals surface area contributed by atoms with Crippen LogP contribution in [0.25, 0.3) is 0 Å². The van der Waals surface area contributed by atoms with Crippen LogP contribution in [0, 0.1) is 6.92 Å². The van der Waals surface area contributed by atoms with Crippen molar-refractivity contribution in [1.29, 1.82) is 0 Å². The van der Waals surface area contributed by atoms with E-state index in [-0.39, 0.29) is 11.8 Å². The normalized spacial score (nSPS) is 12.8. The Bertz CT molecular complexity index is 291. The molecule has 13 heavy (non-hydrogen) atoms. The van der Waals surface area contributed by atoms with E-state index in [1.807, 2.05) is 26.0 Å². The Morgan fingerprint density at radius 2 is 2.31 bits per heavy atom. The van der Waals surface area contributed by atoms with Crippen LogP contribution in [0.4, 0.5) is 0 Å². The molecule has 1 unspecified atom stereocenters. The molecule has 2 N–H and O–H groups in total. The lowest BCUT2D eigenvalue weighted by Gasteiger charge is -2.01. The molecule has 1 rings (SSSR count). The van der Waals surface area contributed by atoms with Gasteiger partial charge in [-0.2, -0.15) is 0 Å². The molecular formula is C10H15NOS. The average molecular weight is 197 g/mol. The zero-order valence-corrected chi connectivity index (χ0v) is 8.86. The second kappa shape index (κ2) is 4.53. The summed E-state index contributed by atoms with van der Waals surface area (Å²) in [6, 6.07) is 3.98. The minimum atomic E-state index is 0.116. The molecule has 1 heterocycles. The van der Waals surface area contributed by atoms with Gasteiger partial charge in [0.05, 0.1) is 4.88 Å². The van der Waals surface area contributed by atoms with Crippen LogP contribution in [0.3, 0.4) is 0 Å². The van der Waals surface area contributed by atoms with E-state index in [4.69, 9.17) is 5.73 Å². The molecule has 3 heteroatoms. The Morgan fingerprint density at radius 3 is 2.77 bits per heavy atom. The first-order valence-corrected chi connectivity index (χ1v) is 5.26. The second-order valence-corrected chi connectivity index (χ2v) is 4.64. The topological polar surface area (TPSA) is 43.1 Å². The van der Waals surface area contributed by atoms with Crippen molar-refractivity contribution in [3.05, 3.63) is 21.9 Å². The first-order chi connectivity index (χ1) is 6.09. The van der Waals surface area contributed by atoms with Gasteiger partial charge in [-0.05, 0) is 32.4 Å². The van der Waals surface area contributed by atoms with Gasteiger partial charge in [0.25, 0.3) is 0 Å². The number of thiophene rings is 1. The summed E-state index contributed by atoms with van der Waals surface area (Å²) in [5.74, 6) is 0.218. The van der Waals surface area contributed by atoms with Gasteiger partial charge in [-0.1, -0.05) is 0 Å². The molecule has 0 aliphatic carbocycles. The van der Waals surface area contributed by atoms with Gasteiger partial charge in [-0.25, -0.2) is 0 Å². The molecule has 2 nitrogen and oxygen atoms in total. The van der Waals surface area contributed by atoms with E-state index in [1.54, 1.807) is 11.3 Å². The van der Waals surface area contributed by atoms with Crippen LogP contribution in [0.5, 0.6) is 0 Å². The molecular weight excluding hydrogens is 182 g/mol. The van der Waals surface area contributed by atoms with Crippen molar-refractivity contribution >= 4 is 17.1 Å². The van der Waals surface area contributed by atoms with E-state index in [2.05, 4.69) is 0 Å². The number of rotatable bonds is 4. The summed E-state index contributed by atoms with van der Waals surface area (Å²) in [6.45, 7) is 3.93. The van der Waals surface area contributed by atoms with Gasteiger partial charge < -0.3 is 5.73 Å². The third kappa shape index (κ3) is 3.28. The Kier molecular flexibility index (Phi) is 3.63. The molecule has 1 aromatic rings. The highest BCUT2D eigenvalue weighted by Gasteiger charge is 2.08. The van der Waals surface area contributed by atoms with Crippen LogP contribution in [-0.4, -0.2) is 11.8 Å². The van der Waals surface area contributed by atoms with Gasteiger partial charge in [0, 0.05) is 17.3 Å². The lowest BCUT2D eigenvalue weighted by molar-refractivity contribution is 0.0982. The lowest BCUT2D eigenvalue weighted by atomic mass is 10.1. The molecule has 72 valence electrons. The van der Waals surface area contributed by atoms with Crippen LogP contribution in [-0.2, 0) is 0 Å². The first-order valence-electron chi connectivity index (χ1n) is 4.45. The van der Waals surface area contributed by atoms with Crippen molar-refractivity contribution < 1.29 is 4.79 Å². The quantitative estimate of drug-likeness (QED) is 0.753. The maximum atomic E-state index is 11.5. The van der Waals surface area contributed by atoms with E-state index >= 15 is 0 Å². The summed E-state index contributed by atoms with van der Waals surface area (Å²) in [5.41, 5.74) is 5.58. The molecule has 0 aromatic carbocycles. The van der Waals surface area contributed by atoms with E-state index in [9.17, 15) is 4.79 Å². The zero-order valence-electron chi connectivity index (χ0n) is 8.04. The predicted octanol–water partition coefficient (Wildman–Crippen LogP) is 2.37. The molecule has 0 saturated heterocycles. The monoisotopic (exact) mass is 197 g/mol. The molecule has 0 radical (unpaired) electrons. The van der Waals surface area contributed by atoms with E-state index in [0.717, 1.165) is 11.3 Å². The number of carbonyl (C=O) groups excluding carboxylic acids is 1. The Hall–Kier alpha value is -0.670. The molecule has 0 bridgehead atoms. The Labute approximate surface area is 82.8 Å². The maximum Gasteiger partial charge on any atom is 0.172 e. The summed E-state index contributed by atoms with van der Waals surface area (Å²) in [6.07, 6.45) is 1.34. The van der Waals surface area contributed by atoms with Crippen LogP contribution < -0.4 is 5.73 Å². The van der Waals surface area contributed by atoms with Crippen molar-refractivity contribution in [3.63, 3.8) is 0 Å². The van der Waals surface area contributed by atoms with E-state index < -0.39 is 0 Å². The fourth-order valence-electron chi connectivity index (χ4n) is 1.07. The number of aryl methyl sites for hydroxylation is 1. The summed E-state index contributed by atoms with van der Waals surface area (Å²) in [7, 11) is 0. The predicted molar refractivity (Wildman–Crippen MR) is 56.3 cm³/mol. The highest BCUT2D eigenvalue weighted by Crippen LogP contribution is 2.17. The number of carbonyl (C=O) groups is 1. The number of ketones is 1. The summed E-state index contributed by atoms with van der Waals surface area (Å²) in [5, 5.41) is 0. The summed E-state index contributed by atoms with van der Waals surface area (Å²) >= 11 is 1.56. The molecule has 1 atom stereocenters. The third-order valence-electron chi connectivity index (χ3n) is 1.84. The molecule has 0 fully saturated rings. The highest BCUT2D eigenvalue weighted by molar-refractivity contribution is 7.14. The van der Waals surface area contributed by atoms with Crippen molar-refractivity contribution in [1.82, 2.24) is 0 Å². The van der Waals surface area contributed by atoms with Gasteiger partial charge in [0.15, 0.2) is 5.78 Å². The number of hydrogen-bond acceptors (Lipinski definition) is 3. The first kappa shape index (κ1) is 10.4. The SMILES string of the molecule is Cc1ccc(C(=O)CCC(C)N)s1. The van der Waals surface area contributed by atoms with Crippen molar-refractivity contribution in [2.75, 3.05) is 0 Å². The Balaban J connectivity index is 2.49. The smallest absolute Gasteiger partial charge is 0.172 e. The van der Waals surface area contributed by atoms with Crippen molar-refractivity contribution in [2.24, 2.45) is 5.73 Å². The number of nitrogens with two attached hydrogens (primary N) is 1. The van der Waals surface area contributed by atoms with Gasteiger partial charge >= 0.3 is 0 Å². The minimum absolute atomic E-state index is 0.116. The fourth-order valence-corrected chi connectivity index (χ4v) is 1.90. The van der Waals surface area contributed by atoms with Crippen molar-refractivity contribution in [2.45, 2.75) is 32.7 Å². The van der Waals surface area contributed by atoms with Crippen LogP contribution >= 0.6 is 11.3 Å².